The topological polar surface area (TPSA) is 63.3 Å². The third-order valence-electron chi connectivity index (χ3n) is 3.23. The number of halogens is 3. The van der Waals surface area contributed by atoms with Crippen molar-refractivity contribution >= 4 is 5.97 Å². The minimum Gasteiger partial charge on any atom is -0.479 e. The Morgan fingerprint density at radius 1 is 0.857 bits per heavy atom. The van der Waals surface area contributed by atoms with E-state index in [1.54, 1.807) is 18.2 Å². The smallest absolute Gasteiger partial charge is 0.416 e. The molecule has 0 fully saturated rings. The molecule has 1 atom stereocenters. The normalized spacial score (nSPS) is 14.5. The summed E-state index contributed by atoms with van der Waals surface area (Å²) in [6.45, 7) is 0. The van der Waals surface area contributed by atoms with Crippen molar-refractivity contribution in [3.63, 3.8) is 0 Å². The van der Waals surface area contributed by atoms with E-state index in [1.165, 1.54) is 12.1 Å². The van der Waals surface area contributed by atoms with Gasteiger partial charge < -0.3 is 10.8 Å². The summed E-state index contributed by atoms with van der Waals surface area (Å²) in [6.07, 6.45) is -4.48. The van der Waals surface area contributed by atoms with E-state index in [9.17, 15) is 23.1 Å². The van der Waals surface area contributed by atoms with E-state index in [0.29, 0.717) is 0 Å². The molecule has 6 heteroatoms. The molecule has 0 heterocycles. The largest absolute Gasteiger partial charge is 0.479 e. The van der Waals surface area contributed by atoms with Gasteiger partial charge in [-0.05, 0) is 23.3 Å². The SMILES string of the molecule is NC(C(=O)O)(c1ccccc1)c1ccc(C(F)(F)F)cc1. The Hall–Kier alpha value is -2.34. The van der Waals surface area contributed by atoms with Crippen LogP contribution in [0.5, 0.6) is 0 Å². The fourth-order valence-corrected chi connectivity index (χ4v) is 2.04. The van der Waals surface area contributed by atoms with Crippen molar-refractivity contribution in [1.29, 1.82) is 0 Å². The number of carbonyl (C=O) groups is 1. The van der Waals surface area contributed by atoms with Crippen molar-refractivity contribution in [2.24, 2.45) is 5.73 Å². The summed E-state index contributed by atoms with van der Waals surface area (Å²) in [7, 11) is 0. The number of carboxylic acids is 1. The van der Waals surface area contributed by atoms with Gasteiger partial charge in [0.15, 0.2) is 5.54 Å². The molecule has 21 heavy (non-hydrogen) atoms. The first-order valence-corrected chi connectivity index (χ1v) is 6.02. The van der Waals surface area contributed by atoms with Crippen LogP contribution in [0.25, 0.3) is 0 Å². The summed E-state index contributed by atoms with van der Waals surface area (Å²) < 4.78 is 37.7. The van der Waals surface area contributed by atoms with Crippen molar-refractivity contribution in [2.75, 3.05) is 0 Å². The summed E-state index contributed by atoms with van der Waals surface area (Å²) in [4.78, 5) is 11.6. The van der Waals surface area contributed by atoms with E-state index in [-0.39, 0.29) is 11.1 Å². The summed E-state index contributed by atoms with van der Waals surface area (Å²) in [5.41, 5.74) is 3.58. The Morgan fingerprint density at radius 2 is 1.29 bits per heavy atom. The van der Waals surface area contributed by atoms with E-state index in [2.05, 4.69) is 0 Å². The van der Waals surface area contributed by atoms with Gasteiger partial charge in [0.05, 0.1) is 5.56 Å². The van der Waals surface area contributed by atoms with Gasteiger partial charge in [0.1, 0.15) is 0 Å². The highest BCUT2D eigenvalue weighted by molar-refractivity contribution is 5.85. The average molecular weight is 295 g/mol. The molecular formula is C15H12F3NO2. The van der Waals surface area contributed by atoms with Crippen LogP contribution in [-0.4, -0.2) is 11.1 Å². The molecule has 0 spiro atoms. The summed E-state index contributed by atoms with van der Waals surface area (Å²) in [5.74, 6) is -1.34. The number of hydrogen-bond acceptors (Lipinski definition) is 2. The van der Waals surface area contributed by atoms with Gasteiger partial charge in [-0.2, -0.15) is 13.2 Å². The number of hydrogen-bond donors (Lipinski definition) is 2. The summed E-state index contributed by atoms with van der Waals surface area (Å²) in [5, 5.41) is 9.42. The second kappa shape index (κ2) is 5.21. The maximum Gasteiger partial charge on any atom is 0.416 e. The van der Waals surface area contributed by atoms with Crippen LogP contribution < -0.4 is 5.73 Å². The average Bonchev–Trinajstić information content (AvgIpc) is 2.46. The van der Waals surface area contributed by atoms with Crippen LogP contribution >= 0.6 is 0 Å². The van der Waals surface area contributed by atoms with Gasteiger partial charge in [0.25, 0.3) is 0 Å². The standard InChI is InChI=1S/C15H12F3NO2/c16-15(17,18)12-8-6-11(7-9-12)14(19,13(20)21)10-4-2-1-3-5-10/h1-9H,19H2,(H,20,21). The predicted molar refractivity (Wildman–Crippen MR) is 70.5 cm³/mol. The van der Waals surface area contributed by atoms with Gasteiger partial charge in [-0.3, -0.25) is 0 Å². The fraction of sp³-hybridized carbons (Fsp3) is 0.133. The zero-order valence-electron chi connectivity index (χ0n) is 10.8. The first-order valence-electron chi connectivity index (χ1n) is 6.02. The van der Waals surface area contributed by atoms with Gasteiger partial charge >= 0.3 is 12.1 Å². The summed E-state index contributed by atoms with van der Waals surface area (Å²) >= 11 is 0. The lowest BCUT2D eigenvalue weighted by Gasteiger charge is -2.26. The molecule has 0 radical (unpaired) electrons. The van der Waals surface area contributed by atoms with Crippen LogP contribution in [0.2, 0.25) is 0 Å². The molecule has 3 N–H and O–H groups in total. The van der Waals surface area contributed by atoms with Crippen molar-refractivity contribution < 1.29 is 23.1 Å². The Labute approximate surface area is 118 Å². The van der Waals surface area contributed by atoms with Crippen LogP contribution in [0.15, 0.2) is 54.6 Å². The van der Waals surface area contributed by atoms with E-state index in [1.807, 2.05) is 0 Å². The predicted octanol–water partition coefficient (Wildman–Crippen LogP) is 2.99. The second-order valence-corrected chi connectivity index (χ2v) is 4.55. The Balaban J connectivity index is 2.52. The lowest BCUT2D eigenvalue weighted by molar-refractivity contribution is -0.142. The lowest BCUT2D eigenvalue weighted by atomic mass is 9.83. The molecule has 0 saturated heterocycles. The van der Waals surface area contributed by atoms with Crippen LogP contribution in [0.4, 0.5) is 13.2 Å². The van der Waals surface area contributed by atoms with Crippen molar-refractivity contribution in [3.05, 3.63) is 71.3 Å². The first kappa shape index (κ1) is 15.1. The van der Waals surface area contributed by atoms with Gasteiger partial charge in [0, 0.05) is 0 Å². The minimum absolute atomic E-state index is 0.0780. The van der Waals surface area contributed by atoms with Crippen molar-refractivity contribution in [2.45, 2.75) is 11.7 Å². The number of rotatable bonds is 3. The van der Waals surface area contributed by atoms with E-state index in [0.717, 1.165) is 24.3 Å². The van der Waals surface area contributed by atoms with E-state index < -0.39 is 23.2 Å². The number of benzene rings is 2. The zero-order valence-corrected chi connectivity index (χ0v) is 10.8. The Morgan fingerprint density at radius 3 is 1.71 bits per heavy atom. The first-order chi connectivity index (χ1) is 9.76. The fourth-order valence-electron chi connectivity index (χ4n) is 2.04. The van der Waals surface area contributed by atoms with Crippen LogP contribution in [0, 0.1) is 0 Å². The molecule has 3 nitrogen and oxygen atoms in total. The molecule has 0 aromatic heterocycles. The molecule has 2 aromatic carbocycles. The Bertz CT molecular complexity index is 638. The van der Waals surface area contributed by atoms with Gasteiger partial charge in [-0.15, -0.1) is 0 Å². The molecule has 0 amide bonds. The van der Waals surface area contributed by atoms with E-state index >= 15 is 0 Å². The number of carboxylic acid groups (broad SMARTS) is 1. The highest BCUT2D eigenvalue weighted by Crippen LogP contribution is 2.32. The third kappa shape index (κ3) is 2.75. The van der Waals surface area contributed by atoms with Crippen molar-refractivity contribution in [3.8, 4) is 0 Å². The third-order valence-corrected chi connectivity index (χ3v) is 3.23. The molecule has 0 bridgehead atoms. The molecule has 1 unspecified atom stereocenters. The number of nitrogens with two attached hydrogens (primary N) is 1. The number of aliphatic carboxylic acids is 1. The van der Waals surface area contributed by atoms with Crippen LogP contribution in [-0.2, 0) is 16.5 Å². The monoisotopic (exact) mass is 295 g/mol. The van der Waals surface area contributed by atoms with E-state index in [4.69, 9.17) is 5.73 Å². The highest BCUT2D eigenvalue weighted by atomic mass is 19.4. The molecular weight excluding hydrogens is 283 g/mol. The maximum atomic E-state index is 12.6. The molecule has 0 aliphatic rings. The quantitative estimate of drug-likeness (QED) is 0.915. The molecule has 2 aromatic rings. The van der Waals surface area contributed by atoms with Crippen LogP contribution in [0.3, 0.4) is 0 Å². The molecule has 0 aliphatic carbocycles. The van der Waals surface area contributed by atoms with Crippen molar-refractivity contribution in [1.82, 2.24) is 0 Å². The second-order valence-electron chi connectivity index (χ2n) is 4.55. The van der Waals surface area contributed by atoms with Crippen LogP contribution in [0.1, 0.15) is 16.7 Å². The molecule has 0 saturated carbocycles. The highest BCUT2D eigenvalue weighted by Gasteiger charge is 2.39. The molecule has 0 aliphatic heterocycles. The minimum atomic E-state index is -4.48. The lowest BCUT2D eigenvalue weighted by Crippen LogP contribution is -2.45. The van der Waals surface area contributed by atoms with Gasteiger partial charge in [-0.1, -0.05) is 42.5 Å². The maximum absolute atomic E-state index is 12.6. The molecule has 2 rings (SSSR count). The summed E-state index contributed by atoms with van der Waals surface area (Å²) in [6, 6.07) is 11.8. The molecule has 110 valence electrons. The van der Waals surface area contributed by atoms with Gasteiger partial charge in [0.2, 0.25) is 0 Å². The Kier molecular flexibility index (Phi) is 3.74. The number of alkyl halides is 3. The zero-order chi connectivity index (χ0) is 15.7. The van der Waals surface area contributed by atoms with Gasteiger partial charge in [-0.25, -0.2) is 4.79 Å².